The molecule has 0 saturated heterocycles. The minimum absolute atomic E-state index is 0.222. The van der Waals surface area contributed by atoms with Crippen LogP contribution in [0, 0.1) is 5.82 Å². The minimum atomic E-state index is -1.32. The van der Waals surface area contributed by atoms with Crippen LogP contribution < -0.4 is 5.43 Å². The van der Waals surface area contributed by atoms with Crippen LogP contribution in [0.4, 0.5) is 4.39 Å². The molecule has 0 aliphatic carbocycles. The summed E-state index contributed by atoms with van der Waals surface area (Å²) in [5.41, 5.74) is 1.06. The molecular formula is C17H11FO4. The molecule has 2 aromatic carbocycles. The average molecular weight is 298 g/mol. The van der Waals surface area contributed by atoms with Gasteiger partial charge in [0.2, 0.25) is 5.43 Å². The van der Waals surface area contributed by atoms with Gasteiger partial charge in [0.25, 0.3) is 0 Å². The molecule has 3 aromatic rings. The Morgan fingerprint density at radius 2 is 1.77 bits per heavy atom. The zero-order valence-electron chi connectivity index (χ0n) is 11.4. The van der Waals surface area contributed by atoms with Gasteiger partial charge in [-0.2, -0.15) is 0 Å². The van der Waals surface area contributed by atoms with Crippen LogP contribution in [0.25, 0.3) is 11.0 Å². The van der Waals surface area contributed by atoms with E-state index < -0.39 is 17.0 Å². The van der Waals surface area contributed by atoms with E-state index in [9.17, 15) is 14.0 Å². The molecule has 0 saturated carbocycles. The van der Waals surface area contributed by atoms with Gasteiger partial charge in [-0.05, 0) is 41.8 Å². The molecule has 0 fully saturated rings. The molecule has 0 amide bonds. The summed E-state index contributed by atoms with van der Waals surface area (Å²) in [5.74, 6) is -1.63. The highest BCUT2D eigenvalue weighted by Crippen LogP contribution is 2.17. The monoisotopic (exact) mass is 298 g/mol. The maximum atomic E-state index is 12.9. The highest BCUT2D eigenvalue weighted by Gasteiger charge is 2.13. The van der Waals surface area contributed by atoms with Gasteiger partial charge in [-0.1, -0.05) is 18.2 Å². The van der Waals surface area contributed by atoms with Crippen molar-refractivity contribution in [2.45, 2.75) is 6.42 Å². The van der Waals surface area contributed by atoms with Crippen molar-refractivity contribution in [3.05, 3.63) is 81.5 Å². The molecule has 4 nitrogen and oxygen atoms in total. The second-order valence-corrected chi connectivity index (χ2v) is 4.92. The van der Waals surface area contributed by atoms with E-state index in [1.807, 2.05) is 0 Å². The Morgan fingerprint density at radius 3 is 2.45 bits per heavy atom. The molecule has 0 spiro atoms. The Labute approximate surface area is 124 Å². The van der Waals surface area contributed by atoms with Crippen molar-refractivity contribution < 1.29 is 18.7 Å². The van der Waals surface area contributed by atoms with Crippen LogP contribution >= 0.6 is 0 Å². The third kappa shape index (κ3) is 2.61. The van der Waals surface area contributed by atoms with Gasteiger partial charge in [0, 0.05) is 0 Å². The zero-order chi connectivity index (χ0) is 15.7. The summed E-state index contributed by atoms with van der Waals surface area (Å²) in [4.78, 5) is 23.1. The highest BCUT2D eigenvalue weighted by atomic mass is 19.1. The second-order valence-electron chi connectivity index (χ2n) is 4.92. The lowest BCUT2D eigenvalue weighted by Crippen LogP contribution is -2.14. The molecule has 22 heavy (non-hydrogen) atoms. The first-order chi connectivity index (χ1) is 10.5. The van der Waals surface area contributed by atoms with E-state index in [2.05, 4.69) is 0 Å². The van der Waals surface area contributed by atoms with Crippen molar-refractivity contribution in [3.63, 3.8) is 0 Å². The molecular weight excluding hydrogens is 287 g/mol. The molecule has 3 rings (SSSR count). The van der Waals surface area contributed by atoms with Gasteiger partial charge in [0.1, 0.15) is 23.2 Å². The molecule has 1 aromatic heterocycles. The van der Waals surface area contributed by atoms with E-state index in [-0.39, 0.29) is 11.2 Å². The first-order valence-corrected chi connectivity index (χ1v) is 6.57. The number of halogens is 1. The number of carbonyl (C=O) groups is 1. The van der Waals surface area contributed by atoms with Gasteiger partial charge in [-0.15, -0.1) is 0 Å². The fourth-order valence-corrected chi connectivity index (χ4v) is 2.27. The van der Waals surface area contributed by atoms with Crippen molar-refractivity contribution in [1.29, 1.82) is 0 Å². The van der Waals surface area contributed by atoms with Gasteiger partial charge in [-0.3, -0.25) is 4.79 Å². The lowest BCUT2D eigenvalue weighted by atomic mass is 10.0. The molecule has 0 radical (unpaired) electrons. The van der Waals surface area contributed by atoms with Crippen molar-refractivity contribution in [2.24, 2.45) is 0 Å². The fraction of sp³-hybridized carbons (Fsp3) is 0.0588. The first kappa shape index (κ1) is 14.0. The average Bonchev–Trinajstić information content (AvgIpc) is 2.50. The number of fused-ring (bicyclic) bond motifs is 1. The number of hydrogen-bond acceptors (Lipinski definition) is 3. The van der Waals surface area contributed by atoms with E-state index in [4.69, 9.17) is 9.52 Å². The molecule has 0 aliphatic rings. The minimum Gasteiger partial charge on any atom is -0.477 e. The van der Waals surface area contributed by atoms with Crippen LogP contribution in [0.1, 0.15) is 21.5 Å². The summed E-state index contributed by atoms with van der Waals surface area (Å²) >= 11 is 0. The second kappa shape index (κ2) is 5.44. The zero-order valence-corrected chi connectivity index (χ0v) is 11.4. The Bertz CT molecular complexity index is 910. The lowest BCUT2D eigenvalue weighted by molar-refractivity contribution is 0.0693. The highest BCUT2D eigenvalue weighted by molar-refractivity contribution is 5.91. The van der Waals surface area contributed by atoms with Crippen LogP contribution in [0.2, 0.25) is 0 Å². The number of carboxylic acid groups (broad SMARTS) is 1. The Balaban J connectivity index is 2.05. The summed E-state index contributed by atoms with van der Waals surface area (Å²) in [5, 5.41) is 9.18. The Kier molecular flexibility index (Phi) is 3.47. The molecule has 0 unspecified atom stereocenters. The van der Waals surface area contributed by atoms with E-state index in [1.165, 1.54) is 12.1 Å². The topological polar surface area (TPSA) is 67.5 Å². The predicted molar refractivity (Wildman–Crippen MR) is 78.6 cm³/mol. The van der Waals surface area contributed by atoms with E-state index >= 15 is 0 Å². The van der Waals surface area contributed by atoms with Crippen molar-refractivity contribution in [3.8, 4) is 0 Å². The van der Waals surface area contributed by atoms with Gasteiger partial charge in [0.15, 0.2) is 0 Å². The fourth-order valence-electron chi connectivity index (χ4n) is 2.27. The maximum absolute atomic E-state index is 12.9. The largest absolute Gasteiger partial charge is 0.477 e. The third-order valence-electron chi connectivity index (χ3n) is 3.39. The van der Waals surface area contributed by atoms with Crippen molar-refractivity contribution in [1.82, 2.24) is 0 Å². The lowest BCUT2D eigenvalue weighted by Gasteiger charge is -2.04. The van der Waals surface area contributed by atoms with Crippen LogP contribution in [-0.2, 0) is 6.42 Å². The van der Waals surface area contributed by atoms with Crippen LogP contribution in [0.5, 0.6) is 0 Å². The number of hydrogen-bond donors (Lipinski definition) is 1. The number of rotatable bonds is 3. The molecule has 1 heterocycles. The predicted octanol–water partition coefficient (Wildman–Crippen LogP) is 3.22. The SMILES string of the molecule is O=C(O)c1coc2ccc(Cc3ccc(F)cc3)cc2c1=O. The Hall–Kier alpha value is -2.95. The summed E-state index contributed by atoms with van der Waals surface area (Å²) in [6.07, 6.45) is 1.46. The van der Waals surface area contributed by atoms with Crippen molar-refractivity contribution >= 4 is 16.9 Å². The quantitative estimate of drug-likeness (QED) is 0.806. The summed E-state index contributed by atoms with van der Waals surface area (Å²) < 4.78 is 18.1. The summed E-state index contributed by atoms with van der Waals surface area (Å²) in [6.45, 7) is 0. The summed E-state index contributed by atoms with van der Waals surface area (Å²) in [6, 6.07) is 11.1. The van der Waals surface area contributed by atoms with Crippen LogP contribution in [0.3, 0.4) is 0 Å². The van der Waals surface area contributed by atoms with Gasteiger partial charge < -0.3 is 9.52 Å². The normalized spacial score (nSPS) is 10.8. The summed E-state index contributed by atoms with van der Waals surface area (Å²) in [7, 11) is 0. The van der Waals surface area contributed by atoms with E-state index in [0.717, 1.165) is 17.4 Å². The van der Waals surface area contributed by atoms with E-state index in [1.54, 1.807) is 30.3 Å². The third-order valence-corrected chi connectivity index (χ3v) is 3.39. The molecule has 0 aliphatic heterocycles. The van der Waals surface area contributed by atoms with Gasteiger partial charge >= 0.3 is 5.97 Å². The molecule has 5 heteroatoms. The van der Waals surface area contributed by atoms with E-state index in [0.29, 0.717) is 12.0 Å². The van der Waals surface area contributed by atoms with Gasteiger partial charge in [0.05, 0.1) is 5.39 Å². The molecule has 0 atom stereocenters. The number of carboxylic acids is 1. The maximum Gasteiger partial charge on any atom is 0.342 e. The van der Waals surface area contributed by atoms with Gasteiger partial charge in [-0.25, -0.2) is 9.18 Å². The van der Waals surface area contributed by atoms with Crippen molar-refractivity contribution in [2.75, 3.05) is 0 Å². The molecule has 0 bridgehead atoms. The first-order valence-electron chi connectivity index (χ1n) is 6.57. The smallest absolute Gasteiger partial charge is 0.342 e. The molecule has 1 N–H and O–H groups in total. The number of aromatic carboxylic acids is 1. The Morgan fingerprint density at radius 1 is 1.09 bits per heavy atom. The standard InChI is InChI=1S/C17H11FO4/c18-12-4-1-10(2-5-12)7-11-3-6-15-13(8-11)16(19)14(9-22-15)17(20)21/h1-6,8-9H,7H2,(H,20,21). The van der Waals surface area contributed by atoms with Crippen LogP contribution in [0.15, 0.2) is 57.9 Å². The van der Waals surface area contributed by atoms with Crippen LogP contribution in [-0.4, -0.2) is 11.1 Å². The number of benzene rings is 2. The molecule has 110 valence electrons.